The maximum atomic E-state index is 12.1. The van der Waals surface area contributed by atoms with Gasteiger partial charge in [-0.05, 0) is 31.0 Å². The van der Waals surface area contributed by atoms with Gasteiger partial charge in [0.1, 0.15) is 0 Å². The molecule has 2 heterocycles. The molecule has 2 N–H and O–H groups in total. The number of carbonyl (C=O) groups is 2. The first-order valence-corrected chi connectivity index (χ1v) is 7.15. The molecule has 3 rings (SSSR count). The Bertz CT molecular complexity index is 524. The molecule has 1 atom stereocenters. The number of nitrogens with one attached hydrogen (secondary N) is 2. The molecule has 5 heteroatoms. The fourth-order valence-corrected chi connectivity index (χ4v) is 2.79. The summed E-state index contributed by atoms with van der Waals surface area (Å²) in [7, 11) is 0. The maximum Gasteiger partial charge on any atom is 0.229 e. The summed E-state index contributed by atoms with van der Waals surface area (Å²) in [5.41, 5.74) is 1.96. The summed E-state index contributed by atoms with van der Waals surface area (Å²) in [6, 6.07) is 7.93. The van der Waals surface area contributed by atoms with Crippen molar-refractivity contribution in [3.05, 3.63) is 24.3 Å². The smallest absolute Gasteiger partial charge is 0.229 e. The molecular weight excluding hydrogens is 254 g/mol. The first-order valence-electron chi connectivity index (χ1n) is 7.15. The molecule has 1 unspecified atom stereocenters. The second-order valence-electron chi connectivity index (χ2n) is 5.44. The first kappa shape index (κ1) is 13.0. The van der Waals surface area contributed by atoms with E-state index in [1.807, 2.05) is 18.2 Å². The molecule has 0 aliphatic carbocycles. The van der Waals surface area contributed by atoms with Crippen LogP contribution < -0.4 is 15.5 Å². The van der Waals surface area contributed by atoms with E-state index in [2.05, 4.69) is 21.6 Å². The third-order valence-electron chi connectivity index (χ3n) is 3.93. The van der Waals surface area contributed by atoms with Gasteiger partial charge in [0.2, 0.25) is 11.8 Å². The highest BCUT2D eigenvalue weighted by molar-refractivity contribution is 5.97. The van der Waals surface area contributed by atoms with Crippen LogP contribution >= 0.6 is 0 Å². The van der Waals surface area contributed by atoms with Gasteiger partial charge in [0, 0.05) is 37.4 Å². The maximum absolute atomic E-state index is 12.1. The van der Waals surface area contributed by atoms with Crippen LogP contribution in [-0.4, -0.2) is 31.4 Å². The molecule has 0 radical (unpaired) electrons. The zero-order valence-electron chi connectivity index (χ0n) is 11.4. The lowest BCUT2D eigenvalue weighted by Crippen LogP contribution is -2.25. The predicted octanol–water partition coefficient (Wildman–Crippen LogP) is 1.36. The Labute approximate surface area is 118 Å². The van der Waals surface area contributed by atoms with Crippen LogP contribution in [0.5, 0.6) is 0 Å². The molecule has 20 heavy (non-hydrogen) atoms. The summed E-state index contributed by atoms with van der Waals surface area (Å²) in [6.07, 6.45) is 2.75. The second kappa shape index (κ2) is 5.53. The van der Waals surface area contributed by atoms with Gasteiger partial charge in [0.15, 0.2) is 0 Å². The number of nitrogens with zero attached hydrogens (tertiary/aromatic N) is 1. The van der Waals surface area contributed by atoms with E-state index in [9.17, 15) is 9.59 Å². The van der Waals surface area contributed by atoms with Gasteiger partial charge in [-0.15, -0.1) is 0 Å². The van der Waals surface area contributed by atoms with Crippen LogP contribution in [0, 0.1) is 5.92 Å². The van der Waals surface area contributed by atoms with E-state index in [1.54, 1.807) is 0 Å². The van der Waals surface area contributed by atoms with Crippen molar-refractivity contribution in [3.63, 3.8) is 0 Å². The van der Waals surface area contributed by atoms with Crippen LogP contribution in [0.15, 0.2) is 24.3 Å². The van der Waals surface area contributed by atoms with Crippen molar-refractivity contribution in [1.82, 2.24) is 5.32 Å². The van der Waals surface area contributed by atoms with Crippen molar-refractivity contribution < 1.29 is 9.59 Å². The van der Waals surface area contributed by atoms with Crippen molar-refractivity contribution in [1.29, 1.82) is 0 Å². The molecular formula is C15H19N3O2. The van der Waals surface area contributed by atoms with Crippen LogP contribution in [-0.2, 0) is 9.59 Å². The number of hydrogen-bond acceptors (Lipinski definition) is 3. The Morgan fingerprint density at radius 3 is 2.80 bits per heavy atom. The summed E-state index contributed by atoms with van der Waals surface area (Å²) in [5.74, 6) is -0.379. The molecule has 2 fully saturated rings. The van der Waals surface area contributed by atoms with Crippen LogP contribution in [0.1, 0.15) is 19.3 Å². The lowest BCUT2D eigenvalue weighted by molar-refractivity contribution is -0.123. The molecule has 5 nitrogen and oxygen atoms in total. The third kappa shape index (κ3) is 2.76. The van der Waals surface area contributed by atoms with Gasteiger partial charge in [-0.2, -0.15) is 0 Å². The van der Waals surface area contributed by atoms with Gasteiger partial charge in [0.25, 0.3) is 0 Å². The number of amides is 2. The van der Waals surface area contributed by atoms with E-state index in [-0.39, 0.29) is 24.2 Å². The van der Waals surface area contributed by atoms with Gasteiger partial charge >= 0.3 is 0 Å². The molecule has 1 aromatic rings. The monoisotopic (exact) mass is 273 g/mol. The molecule has 2 amide bonds. The third-order valence-corrected chi connectivity index (χ3v) is 3.93. The zero-order chi connectivity index (χ0) is 13.9. The number of hydrogen-bond donors (Lipinski definition) is 2. The van der Waals surface area contributed by atoms with Crippen molar-refractivity contribution >= 4 is 23.2 Å². The van der Waals surface area contributed by atoms with Gasteiger partial charge < -0.3 is 15.5 Å². The molecule has 0 aromatic heterocycles. The van der Waals surface area contributed by atoms with E-state index in [4.69, 9.17) is 0 Å². The van der Waals surface area contributed by atoms with Crippen molar-refractivity contribution in [2.75, 3.05) is 29.9 Å². The number of carbonyl (C=O) groups excluding carboxylic acids is 2. The van der Waals surface area contributed by atoms with E-state index in [1.165, 1.54) is 12.8 Å². The van der Waals surface area contributed by atoms with Gasteiger partial charge in [-0.1, -0.05) is 6.07 Å². The Morgan fingerprint density at radius 1 is 1.30 bits per heavy atom. The highest BCUT2D eigenvalue weighted by Crippen LogP contribution is 2.24. The average Bonchev–Trinajstić information content (AvgIpc) is 3.10. The van der Waals surface area contributed by atoms with E-state index < -0.39 is 0 Å². The molecule has 2 saturated heterocycles. The molecule has 2 aliphatic heterocycles. The van der Waals surface area contributed by atoms with Crippen molar-refractivity contribution in [2.45, 2.75) is 19.3 Å². The fourth-order valence-electron chi connectivity index (χ4n) is 2.79. The minimum Gasteiger partial charge on any atom is -0.371 e. The van der Waals surface area contributed by atoms with E-state index in [0.717, 1.165) is 24.5 Å². The average molecular weight is 273 g/mol. The standard InChI is InChI=1S/C15H19N3O2/c19-14-8-11(10-16-14)15(20)17-12-4-3-5-13(9-12)18-6-1-2-7-18/h3-5,9,11H,1-2,6-8,10H2,(H,16,19)(H,17,20). The number of benzene rings is 1. The highest BCUT2D eigenvalue weighted by Gasteiger charge is 2.27. The lowest BCUT2D eigenvalue weighted by Gasteiger charge is -2.18. The summed E-state index contributed by atoms with van der Waals surface area (Å²) in [5, 5.41) is 5.59. The fraction of sp³-hybridized carbons (Fsp3) is 0.467. The van der Waals surface area contributed by atoms with Crippen LogP contribution in [0.2, 0.25) is 0 Å². The summed E-state index contributed by atoms with van der Waals surface area (Å²) < 4.78 is 0. The molecule has 1 aromatic carbocycles. The Kier molecular flexibility index (Phi) is 3.58. The summed E-state index contributed by atoms with van der Waals surface area (Å²) >= 11 is 0. The topological polar surface area (TPSA) is 61.4 Å². The molecule has 0 bridgehead atoms. The lowest BCUT2D eigenvalue weighted by atomic mass is 10.1. The summed E-state index contributed by atoms with van der Waals surface area (Å²) in [4.78, 5) is 25.5. The van der Waals surface area contributed by atoms with E-state index in [0.29, 0.717) is 6.54 Å². The SMILES string of the molecule is O=C1CC(C(=O)Nc2cccc(N3CCCC3)c2)CN1. The van der Waals surface area contributed by atoms with Crippen molar-refractivity contribution in [3.8, 4) is 0 Å². The van der Waals surface area contributed by atoms with Gasteiger partial charge in [-0.3, -0.25) is 9.59 Å². The predicted molar refractivity (Wildman–Crippen MR) is 77.6 cm³/mol. The van der Waals surface area contributed by atoms with Crippen LogP contribution in [0.25, 0.3) is 0 Å². The minimum absolute atomic E-state index is 0.0454. The number of anilines is 2. The second-order valence-corrected chi connectivity index (χ2v) is 5.44. The number of rotatable bonds is 3. The largest absolute Gasteiger partial charge is 0.371 e. The van der Waals surface area contributed by atoms with E-state index >= 15 is 0 Å². The highest BCUT2D eigenvalue weighted by atomic mass is 16.2. The normalized spacial score (nSPS) is 21.9. The van der Waals surface area contributed by atoms with Gasteiger partial charge in [0.05, 0.1) is 5.92 Å². The van der Waals surface area contributed by atoms with Gasteiger partial charge in [-0.25, -0.2) is 0 Å². The quantitative estimate of drug-likeness (QED) is 0.874. The molecule has 0 spiro atoms. The summed E-state index contributed by atoms with van der Waals surface area (Å²) in [6.45, 7) is 2.60. The Morgan fingerprint density at radius 2 is 2.10 bits per heavy atom. The Hall–Kier alpha value is -2.04. The van der Waals surface area contributed by atoms with Crippen LogP contribution in [0.4, 0.5) is 11.4 Å². The molecule has 2 aliphatic rings. The van der Waals surface area contributed by atoms with Crippen molar-refractivity contribution in [2.24, 2.45) is 5.92 Å². The van der Waals surface area contributed by atoms with Crippen LogP contribution in [0.3, 0.4) is 0 Å². The molecule has 106 valence electrons. The first-order chi connectivity index (χ1) is 9.72. The Balaban J connectivity index is 1.66. The minimum atomic E-state index is -0.252. The molecule has 0 saturated carbocycles. The zero-order valence-corrected chi connectivity index (χ0v) is 11.4.